The number of hydrazone groups is 1. The second kappa shape index (κ2) is 7.57. The number of aromatic nitrogens is 1. The molecule has 19 heavy (non-hydrogen) atoms. The molecule has 0 saturated carbocycles. The summed E-state index contributed by atoms with van der Waals surface area (Å²) >= 11 is 3.15. The van der Waals surface area contributed by atoms with E-state index in [0.717, 1.165) is 5.71 Å². The Bertz CT molecular complexity index is 474. The Balaban J connectivity index is 2.66. The average molecular weight is 330 g/mol. The van der Waals surface area contributed by atoms with E-state index in [2.05, 4.69) is 36.8 Å². The van der Waals surface area contributed by atoms with Gasteiger partial charge in [0, 0.05) is 11.0 Å². The fourth-order valence-electron chi connectivity index (χ4n) is 1.09. The maximum absolute atomic E-state index is 11.3. The van der Waals surface area contributed by atoms with E-state index in [0.29, 0.717) is 16.8 Å². The first-order valence-corrected chi connectivity index (χ1v) is 6.68. The van der Waals surface area contributed by atoms with Gasteiger partial charge in [0.1, 0.15) is 18.2 Å². The van der Waals surface area contributed by atoms with Gasteiger partial charge in [-0.3, -0.25) is 10.7 Å². The number of rotatable bonds is 5. The predicted octanol–water partition coefficient (Wildman–Crippen LogP) is 2.41. The second-order valence-corrected chi connectivity index (χ2v) is 4.54. The van der Waals surface area contributed by atoms with Crippen molar-refractivity contribution < 1.29 is 9.53 Å². The summed E-state index contributed by atoms with van der Waals surface area (Å²) in [5.74, 6) is 0.683. The van der Waals surface area contributed by atoms with Crippen LogP contribution in [0.5, 0.6) is 0 Å². The Labute approximate surface area is 119 Å². The van der Waals surface area contributed by atoms with Crippen LogP contribution in [0.2, 0.25) is 0 Å². The molecule has 1 amide bonds. The fraction of sp³-hybridized carbons (Fsp3) is 0.364. The summed E-state index contributed by atoms with van der Waals surface area (Å²) in [6.45, 7) is 3.99. The maximum Gasteiger partial charge on any atom is 0.411 e. The van der Waals surface area contributed by atoms with E-state index in [1.54, 1.807) is 12.1 Å². The number of nitrogens with one attached hydrogen (secondary N) is 2. The Hall–Kier alpha value is -1.83. The Morgan fingerprint density at radius 2 is 2.26 bits per heavy atom. The Morgan fingerprint density at radius 3 is 2.84 bits per heavy atom. The largest absolute Gasteiger partial charge is 0.448 e. The van der Waals surface area contributed by atoms with Gasteiger partial charge in [-0.25, -0.2) is 9.78 Å². The van der Waals surface area contributed by atoms with E-state index in [1.165, 1.54) is 0 Å². The van der Waals surface area contributed by atoms with Crippen molar-refractivity contribution in [1.82, 2.24) is 4.98 Å². The summed E-state index contributed by atoms with van der Waals surface area (Å²) in [5.41, 5.74) is 9.73. The van der Waals surface area contributed by atoms with Gasteiger partial charge in [-0.15, -0.1) is 0 Å². The zero-order chi connectivity index (χ0) is 14.3. The molecule has 1 aromatic rings. The molecule has 0 fully saturated rings. The Kier molecular flexibility index (Phi) is 6.07. The molecule has 1 heterocycles. The average Bonchev–Trinajstić information content (AvgIpc) is 2.36. The molecule has 7 nitrogen and oxygen atoms in total. The van der Waals surface area contributed by atoms with E-state index < -0.39 is 6.09 Å². The molecule has 1 rings (SSSR count). The number of hydrogen-bond donors (Lipinski definition) is 3. The third-order valence-corrected chi connectivity index (χ3v) is 2.19. The van der Waals surface area contributed by atoms with Crippen LogP contribution in [0.25, 0.3) is 0 Å². The van der Waals surface area contributed by atoms with Crippen LogP contribution < -0.4 is 16.5 Å². The van der Waals surface area contributed by atoms with Gasteiger partial charge in [0.05, 0.1) is 5.69 Å². The van der Waals surface area contributed by atoms with Gasteiger partial charge in [0.25, 0.3) is 0 Å². The van der Waals surface area contributed by atoms with Crippen molar-refractivity contribution in [1.29, 1.82) is 0 Å². The molecule has 0 radical (unpaired) electrons. The van der Waals surface area contributed by atoms with Gasteiger partial charge in [-0.2, -0.15) is 5.10 Å². The summed E-state index contributed by atoms with van der Waals surface area (Å²) in [4.78, 5) is 15.4. The zero-order valence-electron chi connectivity index (χ0n) is 10.7. The normalized spacial score (nSPS) is 9.63. The number of nitrogen functional groups attached to an aromatic ring is 1. The fourth-order valence-corrected chi connectivity index (χ4v) is 1.25. The minimum Gasteiger partial charge on any atom is -0.448 e. The van der Waals surface area contributed by atoms with Crippen LogP contribution >= 0.6 is 15.9 Å². The first-order chi connectivity index (χ1) is 9.02. The summed E-state index contributed by atoms with van der Waals surface area (Å²) in [6.07, 6.45) is -0.573. The van der Waals surface area contributed by atoms with Crippen LogP contribution in [-0.2, 0) is 4.74 Å². The summed E-state index contributed by atoms with van der Waals surface area (Å²) in [6, 6.07) is 3.28. The molecule has 0 bridgehead atoms. The number of nitrogens with zero attached hydrogens (tertiary/aromatic N) is 2. The summed E-state index contributed by atoms with van der Waals surface area (Å²) in [5, 5.41) is 7.08. The predicted molar refractivity (Wildman–Crippen MR) is 79.8 cm³/mol. The number of nitrogens with two attached hydrogens (primary N) is 1. The van der Waals surface area contributed by atoms with E-state index in [1.807, 2.05) is 13.8 Å². The van der Waals surface area contributed by atoms with Crippen molar-refractivity contribution >= 4 is 45.1 Å². The number of halogens is 1. The highest BCUT2D eigenvalue weighted by molar-refractivity contribution is 9.09. The van der Waals surface area contributed by atoms with Crippen molar-refractivity contribution in [2.45, 2.75) is 13.8 Å². The van der Waals surface area contributed by atoms with Crippen molar-refractivity contribution in [2.24, 2.45) is 5.10 Å². The van der Waals surface area contributed by atoms with Gasteiger partial charge in [-0.1, -0.05) is 15.9 Å². The number of amides is 1. The van der Waals surface area contributed by atoms with Crippen LogP contribution in [0.3, 0.4) is 0 Å². The number of pyridine rings is 1. The highest BCUT2D eigenvalue weighted by Crippen LogP contribution is 2.18. The highest BCUT2D eigenvalue weighted by atomic mass is 79.9. The van der Waals surface area contributed by atoms with Crippen LogP contribution in [0.4, 0.5) is 22.1 Å². The maximum atomic E-state index is 11.3. The van der Waals surface area contributed by atoms with Gasteiger partial charge in [-0.05, 0) is 26.0 Å². The summed E-state index contributed by atoms with van der Waals surface area (Å²) < 4.78 is 4.84. The lowest BCUT2D eigenvalue weighted by atomic mass is 10.4. The lowest BCUT2D eigenvalue weighted by Crippen LogP contribution is -2.16. The van der Waals surface area contributed by atoms with Gasteiger partial charge in [0.2, 0.25) is 0 Å². The highest BCUT2D eigenvalue weighted by Gasteiger charge is 2.07. The molecular weight excluding hydrogens is 314 g/mol. The molecule has 0 aliphatic rings. The number of carbonyl (C=O) groups excluding carboxylic acids is 1. The van der Waals surface area contributed by atoms with Crippen molar-refractivity contribution in [3.8, 4) is 0 Å². The van der Waals surface area contributed by atoms with E-state index in [9.17, 15) is 4.79 Å². The molecular formula is C11H16BrN5O2. The van der Waals surface area contributed by atoms with Gasteiger partial charge in [0.15, 0.2) is 0 Å². The van der Waals surface area contributed by atoms with Crippen molar-refractivity contribution in [3.63, 3.8) is 0 Å². The van der Waals surface area contributed by atoms with Gasteiger partial charge < -0.3 is 10.5 Å². The van der Waals surface area contributed by atoms with Crippen LogP contribution in [-0.4, -0.2) is 28.7 Å². The number of hydrogen-bond acceptors (Lipinski definition) is 6. The monoisotopic (exact) mass is 329 g/mol. The molecule has 4 N–H and O–H groups in total. The number of carbonyl (C=O) groups is 1. The third kappa shape index (κ3) is 5.56. The standard InChI is InChI=1S/C11H16BrN5O2/c1-7(2)16-17-9-4-3-8(10(13)15-9)14-11(18)19-6-5-12/h3-4H,5-6H2,1-2H3,(H,14,18)(H3,13,15,17). The lowest BCUT2D eigenvalue weighted by molar-refractivity contribution is 0.169. The first-order valence-electron chi connectivity index (χ1n) is 5.56. The van der Waals surface area contributed by atoms with Gasteiger partial charge >= 0.3 is 6.09 Å². The Morgan fingerprint density at radius 1 is 1.53 bits per heavy atom. The van der Waals surface area contributed by atoms with Crippen molar-refractivity contribution in [3.05, 3.63) is 12.1 Å². The topological polar surface area (TPSA) is 102 Å². The molecule has 104 valence electrons. The minimum atomic E-state index is -0.573. The molecule has 0 aliphatic carbocycles. The SMILES string of the molecule is CC(C)=NNc1ccc(NC(=O)OCCBr)c(N)n1. The third-order valence-electron chi connectivity index (χ3n) is 1.87. The smallest absolute Gasteiger partial charge is 0.411 e. The van der Waals surface area contributed by atoms with Crippen molar-refractivity contribution in [2.75, 3.05) is 28.4 Å². The number of ether oxygens (including phenoxy) is 1. The summed E-state index contributed by atoms with van der Waals surface area (Å²) in [7, 11) is 0. The second-order valence-electron chi connectivity index (χ2n) is 3.75. The molecule has 0 atom stereocenters. The molecule has 0 aromatic carbocycles. The van der Waals surface area contributed by atoms with E-state index in [-0.39, 0.29) is 12.4 Å². The lowest BCUT2D eigenvalue weighted by Gasteiger charge is -2.09. The molecule has 0 aliphatic heterocycles. The molecule has 0 unspecified atom stereocenters. The molecule has 1 aromatic heterocycles. The minimum absolute atomic E-state index is 0.185. The molecule has 0 spiro atoms. The van der Waals surface area contributed by atoms with Crippen LogP contribution in [0, 0.1) is 0 Å². The quantitative estimate of drug-likeness (QED) is 0.437. The van der Waals surface area contributed by atoms with E-state index >= 15 is 0 Å². The van der Waals surface area contributed by atoms with Crippen LogP contribution in [0.15, 0.2) is 17.2 Å². The number of alkyl halides is 1. The van der Waals surface area contributed by atoms with Crippen LogP contribution in [0.1, 0.15) is 13.8 Å². The van der Waals surface area contributed by atoms with E-state index in [4.69, 9.17) is 10.5 Å². The number of anilines is 3. The zero-order valence-corrected chi connectivity index (χ0v) is 12.3. The first kappa shape index (κ1) is 15.2. The molecule has 8 heteroatoms. The molecule has 0 saturated heterocycles.